The Morgan fingerprint density at radius 1 is 1.00 bits per heavy atom. The minimum Gasteiger partial charge on any atom is -0.346 e. The highest BCUT2D eigenvalue weighted by Gasteiger charge is 2.31. The molecule has 0 saturated heterocycles. The Hall–Kier alpha value is -3.87. The van der Waals surface area contributed by atoms with E-state index in [4.69, 9.17) is 0 Å². The molecule has 7 heteroatoms. The van der Waals surface area contributed by atoms with E-state index in [1.165, 1.54) is 7.05 Å². The first-order valence-electron chi connectivity index (χ1n) is 10.1. The summed E-state index contributed by atoms with van der Waals surface area (Å²) in [5.41, 5.74) is 2.45. The van der Waals surface area contributed by atoms with Gasteiger partial charge in [0.25, 0.3) is 5.56 Å². The maximum Gasteiger partial charge on any atom is 0.329 e. The largest absolute Gasteiger partial charge is 0.346 e. The number of carbonyl (C=O) groups excluding carboxylic acids is 1. The third-order valence-electron chi connectivity index (χ3n) is 5.66. The smallest absolute Gasteiger partial charge is 0.329 e. The summed E-state index contributed by atoms with van der Waals surface area (Å²) in [6.45, 7) is 1.92. The fourth-order valence-corrected chi connectivity index (χ4v) is 3.94. The number of fused-ring (bicyclic) bond motifs is 1. The molecule has 0 spiro atoms. The third kappa shape index (κ3) is 3.70. The highest BCUT2D eigenvalue weighted by molar-refractivity contribution is 6.05. The van der Waals surface area contributed by atoms with Gasteiger partial charge in [0.15, 0.2) is 0 Å². The molecular weight excluding hydrogens is 392 g/mol. The summed E-state index contributed by atoms with van der Waals surface area (Å²) >= 11 is 0. The van der Waals surface area contributed by atoms with Crippen LogP contribution in [0.15, 0.2) is 75.8 Å². The van der Waals surface area contributed by atoms with Crippen molar-refractivity contribution in [3.05, 3.63) is 104 Å². The van der Waals surface area contributed by atoms with E-state index in [2.05, 4.69) is 10.3 Å². The molecule has 0 saturated carbocycles. The average molecular weight is 416 g/mol. The number of H-pyrrole nitrogens is 1. The number of nitrogens with zero attached hydrogens (tertiary/aromatic N) is 2. The van der Waals surface area contributed by atoms with Gasteiger partial charge in [-0.2, -0.15) is 0 Å². The normalized spacial score (nSPS) is 14.2. The van der Waals surface area contributed by atoms with Crippen molar-refractivity contribution >= 4 is 17.4 Å². The maximum atomic E-state index is 13.4. The van der Waals surface area contributed by atoms with Crippen molar-refractivity contribution < 1.29 is 4.79 Å². The summed E-state index contributed by atoms with van der Waals surface area (Å²) < 4.78 is 1.03. The second-order valence-electron chi connectivity index (χ2n) is 7.66. The number of amides is 1. The number of aromatic nitrogens is 2. The lowest BCUT2D eigenvalue weighted by molar-refractivity contribution is -0.118. The van der Waals surface area contributed by atoms with Gasteiger partial charge in [-0.05, 0) is 18.1 Å². The summed E-state index contributed by atoms with van der Waals surface area (Å²) in [5.74, 6) is 0.167. The Labute approximate surface area is 179 Å². The highest BCUT2D eigenvalue weighted by atomic mass is 16.2. The topological polar surface area (TPSA) is 87.2 Å². The Morgan fingerprint density at radius 2 is 1.61 bits per heavy atom. The summed E-state index contributed by atoms with van der Waals surface area (Å²) in [6.07, 6.45) is 0.126. The van der Waals surface area contributed by atoms with E-state index in [9.17, 15) is 14.4 Å². The van der Waals surface area contributed by atoms with Gasteiger partial charge in [-0.25, -0.2) is 4.79 Å². The van der Waals surface area contributed by atoms with Crippen LogP contribution in [0.2, 0.25) is 0 Å². The second-order valence-corrected chi connectivity index (χ2v) is 7.66. The van der Waals surface area contributed by atoms with Crippen molar-refractivity contribution in [1.82, 2.24) is 14.9 Å². The van der Waals surface area contributed by atoms with Gasteiger partial charge in [0.2, 0.25) is 5.91 Å². The number of hydrogen-bond acceptors (Lipinski definition) is 4. The van der Waals surface area contributed by atoms with E-state index in [0.717, 1.165) is 15.7 Å². The fraction of sp³-hybridized carbons (Fsp3) is 0.208. The van der Waals surface area contributed by atoms with E-state index in [1.54, 1.807) is 11.9 Å². The first kappa shape index (κ1) is 20.4. The van der Waals surface area contributed by atoms with Crippen molar-refractivity contribution in [3.63, 3.8) is 0 Å². The van der Waals surface area contributed by atoms with Crippen LogP contribution in [0.3, 0.4) is 0 Å². The van der Waals surface area contributed by atoms with Crippen molar-refractivity contribution in [2.75, 3.05) is 11.9 Å². The Morgan fingerprint density at radius 3 is 2.26 bits per heavy atom. The van der Waals surface area contributed by atoms with Gasteiger partial charge in [0.05, 0.1) is 17.3 Å². The van der Waals surface area contributed by atoms with Gasteiger partial charge in [-0.3, -0.25) is 19.1 Å². The standard InChI is InChI=1S/C24H24N4O3/c1-15(16-10-6-4-7-11-16)25-22(29)18-14-19-21(26-24(31)28(3)23(19)30)27(2)20(18)17-12-8-5-9-13-17/h4-13,15H,14H2,1-3H3,(H,25,29)(H,26,31)/t15-/m1/s1. The minimum absolute atomic E-state index is 0.126. The molecule has 4 rings (SSSR count). The van der Waals surface area contributed by atoms with Gasteiger partial charge >= 0.3 is 5.69 Å². The summed E-state index contributed by atoms with van der Waals surface area (Å²) in [6, 6.07) is 19.0. The molecule has 1 aromatic heterocycles. The quantitative estimate of drug-likeness (QED) is 0.684. The molecule has 7 nitrogen and oxygen atoms in total. The van der Waals surface area contributed by atoms with Crippen LogP contribution in [0.4, 0.5) is 5.82 Å². The maximum absolute atomic E-state index is 13.4. The first-order chi connectivity index (χ1) is 14.9. The number of hydrogen-bond donors (Lipinski definition) is 2. The van der Waals surface area contributed by atoms with E-state index < -0.39 is 11.2 Å². The van der Waals surface area contributed by atoms with E-state index in [1.807, 2.05) is 67.6 Å². The minimum atomic E-state index is -0.492. The van der Waals surface area contributed by atoms with Crippen LogP contribution in [-0.4, -0.2) is 22.5 Å². The number of benzene rings is 2. The second kappa shape index (κ2) is 8.10. The van der Waals surface area contributed by atoms with Gasteiger partial charge in [0.1, 0.15) is 5.82 Å². The van der Waals surface area contributed by atoms with E-state index in [-0.39, 0.29) is 18.4 Å². The third-order valence-corrected chi connectivity index (χ3v) is 5.66. The first-order valence-corrected chi connectivity index (χ1v) is 10.1. The van der Waals surface area contributed by atoms with Crippen LogP contribution in [-0.2, 0) is 18.3 Å². The zero-order chi connectivity index (χ0) is 22.1. The van der Waals surface area contributed by atoms with Gasteiger partial charge < -0.3 is 10.2 Å². The number of aromatic amines is 1. The number of anilines is 1. The molecule has 31 heavy (non-hydrogen) atoms. The number of nitrogens with one attached hydrogen (secondary N) is 2. The molecule has 2 aromatic carbocycles. The molecule has 158 valence electrons. The van der Waals surface area contributed by atoms with Crippen LogP contribution in [0, 0.1) is 0 Å². The van der Waals surface area contributed by atoms with Crippen LogP contribution in [0.25, 0.3) is 5.70 Å². The van der Waals surface area contributed by atoms with Crippen LogP contribution in [0.1, 0.15) is 29.7 Å². The molecule has 3 aromatic rings. The van der Waals surface area contributed by atoms with Gasteiger partial charge in [0, 0.05) is 26.1 Å². The Balaban J connectivity index is 1.82. The predicted molar refractivity (Wildman–Crippen MR) is 121 cm³/mol. The molecule has 1 aliphatic rings. The monoisotopic (exact) mass is 416 g/mol. The van der Waals surface area contributed by atoms with E-state index >= 15 is 0 Å². The van der Waals surface area contributed by atoms with Crippen LogP contribution >= 0.6 is 0 Å². The number of carbonyl (C=O) groups is 1. The molecule has 0 aliphatic carbocycles. The average Bonchev–Trinajstić information content (AvgIpc) is 2.79. The molecule has 0 bridgehead atoms. The zero-order valence-corrected chi connectivity index (χ0v) is 17.7. The molecule has 0 fully saturated rings. The lowest BCUT2D eigenvalue weighted by Gasteiger charge is -2.32. The Kier molecular flexibility index (Phi) is 5.33. The van der Waals surface area contributed by atoms with Crippen molar-refractivity contribution in [2.45, 2.75) is 19.4 Å². The lowest BCUT2D eigenvalue weighted by atomic mass is 9.94. The molecule has 1 amide bonds. The highest BCUT2D eigenvalue weighted by Crippen LogP contribution is 2.34. The Bertz CT molecular complexity index is 1270. The zero-order valence-electron chi connectivity index (χ0n) is 17.7. The van der Waals surface area contributed by atoms with Gasteiger partial charge in [-0.15, -0.1) is 0 Å². The van der Waals surface area contributed by atoms with Crippen molar-refractivity contribution in [1.29, 1.82) is 0 Å². The fourth-order valence-electron chi connectivity index (χ4n) is 3.94. The molecular formula is C24H24N4O3. The SMILES string of the molecule is C[C@@H](NC(=O)C1=C(c2ccccc2)N(C)c2[nH]c(=O)n(C)c(=O)c2C1)c1ccccc1. The predicted octanol–water partition coefficient (Wildman–Crippen LogP) is 2.35. The van der Waals surface area contributed by atoms with Crippen molar-refractivity contribution in [3.8, 4) is 0 Å². The molecule has 0 radical (unpaired) electrons. The molecule has 2 heterocycles. The summed E-state index contributed by atoms with van der Waals surface area (Å²) in [7, 11) is 3.18. The lowest BCUT2D eigenvalue weighted by Crippen LogP contribution is -2.42. The van der Waals surface area contributed by atoms with Crippen LogP contribution < -0.4 is 21.5 Å². The van der Waals surface area contributed by atoms with Gasteiger partial charge in [-0.1, -0.05) is 60.7 Å². The summed E-state index contributed by atoms with van der Waals surface area (Å²) in [5, 5.41) is 3.06. The molecule has 0 unspecified atom stereocenters. The molecule has 2 N–H and O–H groups in total. The van der Waals surface area contributed by atoms with Crippen LogP contribution in [0.5, 0.6) is 0 Å². The van der Waals surface area contributed by atoms with Crippen molar-refractivity contribution in [2.24, 2.45) is 7.05 Å². The summed E-state index contributed by atoms with van der Waals surface area (Å²) in [4.78, 5) is 42.9. The molecule has 1 aliphatic heterocycles. The molecule has 1 atom stereocenters. The number of rotatable bonds is 4. The van der Waals surface area contributed by atoms with E-state index in [0.29, 0.717) is 22.7 Å².